The van der Waals surface area contributed by atoms with Crippen LogP contribution >= 0.6 is 0 Å². The lowest BCUT2D eigenvalue weighted by molar-refractivity contribution is -0.124. The molecule has 0 aliphatic heterocycles. The summed E-state index contributed by atoms with van der Waals surface area (Å²) < 4.78 is 0. The van der Waals surface area contributed by atoms with Gasteiger partial charge in [0.15, 0.2) is 0 Å². The van der Waals surface area contributed by atoms with Crippen molar-refractivity contribution >= 4 is 18.0 Å². The molecule has 1 rings (SSSR count). The molecule has 0 aliphatic carbocycles. The molecule has 0 saturated carbocycles. The topological polar surface area (TPSA) is 58.2 Å². The molecule has 0 aromatic heterocycles. The van der Waals surface area contributed by atoms with Crippen LogP contribution in [-0.2, 0) is 9.59 Å². The Bertz CT molecular complexity index is 347. The second kappa shape index (κ2) is 4.59. The van der Waals surface area contributed by atoms with Crippen molar-refractivity contribution in [3.05, 3.63) is 30.3 Å². The van der Waals surface area contributed by atoms with Crippen LogP contribution in [0.5, 0.6) is 0 Å². The van der Waals surface area contributed by atoms with Gasteiger partial charge in [0, 0.05) is 5.69 Å². The lowest BCUT2D eigenvalue weighted by Gasteiger charge is -2.22. The maximum absolute atomic E-state index is 11.7. The van der Waals surface area contributed by atoms with E-state index in [4.69, 9.17) is 0 Å². The van der Waals surface area contributed by atoms with Crippen LogP contribution in [-0.4, -0.2) is 17.9 Å². The fourth-order valence-corrected chi connectivity index (χ4v) is 1.02. The number of nitrogens with one attached hydrogen (secondary N) is 2. The summed E-state index contributed by atoms with van der Waals surface area (Å²) >= 11 is 0. The highest BCUT2D eigenvalue weighted by atomic mass is 16.2. The zero-order chi connectivity index (χ0) is 11.3. The summed E-state index contributed by atoms with van der Waals surface area (Å²) in [4.78, 5) is 22.0. The first-order valence-electron chi connectivity index (χ1n) is 4.64. The normalized spacial score (nSPS) is 10.5. The van der Waals surface area contributed by atoms with E-state index in [1.54, 1.807) is 26.0 Å². The number of carbonyl (C=O) groups excluding carboxylic acids is 2. The zero-order valence-corrected chi connectivity index (χ0v) is 8.78. The van der Waals surface area contributed by atoms with Gasteiger partial charge in [-0.1, -0.05) is 18.2 Å². The predicted molar refractivity (Wildman–Crippen MR) is 58.4 cm³/mol. The van der Waals surface area contributed by atoms with Gasteiger partial charge in [-0.15, -0.1) is 0 Å². The number of carbonyl (C=O) groups is 2. The van der Waals surface area contributed by atoms with E-state index in [1.807, 2.05) is 18.2 Å². The highest BCUT2D eigenvalue weighted by Gasteiger charge is 2.26. The summed E-state index contributed by atoms with van der Waals surface area (Å²) in [7, 11) is 0. The van der Waals surface area contributed by atoms with E-state index in [2.05, 4.69) is 10.6 Å². The van der Waals surface area contributed by atoms with Crippen LogP contribution in [0, 0.1) is 0 Å². The van der Waals surface area contributed by atoms with Crippen molar-refractivity contribution in [3.8, 4) is 0 Å². The molecular formula is C11H14N2O2. The van der Waals surface area contributed by atoms with E-state index in [1.165, 1.54) is 0 Å². The van der Waals surface area contributed by atoms with Crippen LogP contribution in [0.15, 0.2) is 30.3 Å². The Morgan fingerprint density at radius 1 is 1.27 bits per heavy atom. The van der Waals surface area contributed by atoms with Gasteiger partial charge in [-0.05, 0) is 26.0 Å². The minimum atomic E-state index is -0.905. The Morgan fingerprint density at radius 3 is 2.40 bits per heavy atom. The second-order valence-electron chi connectivity index (χ2n) is 3.71. The van der Waals surface area contributed by atoms with E-state index in [9.17, 15) is 9.59 Å². The van der Waals surface area contributed by atoms with E-state index in [-0.39, 0.29) is 5.91 Å². The summed E-state index contributed by atoms with van der Waals surface area (Å²) in [6.45, 7) is 3.28. The summed E-state index contributed by atoms with van der Waals surface area (Å²) in [5.41, 5.74) is -0.194. The van der Waals surface area contributed by atoms with Crippen LogP contribution in [0.1, 0.15) is 13.8 Å². The van der Waals surface area contributed by atoms with Crippen molar-refractivity contribution in [1.82, 2.24) is 5.32 Å². The van der Waals surface area contributed by atoms with Gasteiger partial charge >= 0.3 is 0 Å². The van der Waals surface area contributed by atoms with Gasteiger partial charge in [-0.25, -0.2) is 0 Å². The number of benzene rings is 1. The number of rotatable bonds is 4. The Balaban J connectivity index is 2.67. The molecule has 80 valence electrons. The first-order valence-corrected chi connectivity index (χ1v) is 4.64. The van der Waals surface area contributed by atoms with Crippen molar-refractivity contribution in [3.63, 3.8) is 0 Å². The summed E-state index contributed by atoms with van der Waals surface area (Å²) in [5.74, 6) is -0.249. The smallest absolute Gasteiger partial charge is 0.249 e. The Morgan fingerprint density at radius 2 is 1.87 bits per heavy atom. The van der Waals surface area contributed by atoms with Gasteiger partial charge < -0.3 is 10.6 Å². The van der Waals surface area contributed by atoms with Gasteiger partial charge in [-0.2, -0.15) is 0 Å². The monoisotopic (exact) mass is 206 g/mol. The third kappa shape index (κ3) is 3.09. The first-order chi connectivity index (χ1) is 7.06. The van der Waals surface area contributed by atoms with E-state index in [0.717, 1.165) is 0 Å². The van der Waals surface area contributed by atoms with Gasteiger partial charge in [0.1, 0.15) is 5.54 Å². The molecule has 1 aromatic rings. The molecule has 0 spiro atoms. The molecule has 4 heteroatoms. The average Bonchev–Trinajstić information content (AvgIpc) is 2.19. The fraction of sp³-hybridized carbons (Fsp3) is 0.273. The summed E-state index contributed by atoms with van der Waals surface area (Å²) in [6.07, 6.45) is 0.518. The molecule has 0 atom stereocenters. The molecule has 15 heavy (non-hydrogen) atoms. The fourth-order valence-electron chi connectivity index (χ4n) is 1.02. The molecule has 0 saturated heterocycles. The third-order valence-electron chi connectivity index (χ3n) is 2.02. The van der Waals surface area contributed by atoms with Crippen molar-refractivity contribution in [1.29, 1.82) is 0 Å². The van der Waals surface area contributed by atoms with Crippen molar-refractivity contribution in [2.45, 2.75) is 19.4 Å². The standard InChI is InChI=1S/C11H14N2O2/c1-11(2,12-8-14)10(15)13-9-6-4-3-5-7-9/h3-8H,1-2H3,(H,12,14)(H,13,15). The first kappa shape index (κ1) is 11.2. The largest absolute Gasteiger partial charge is 0.345 e. The quantitative estimate of drug-likeness (QED) is 0.726. The number of amides is 2. The summed E-state index contributed by atoms with van der Waals surface area (Å²) in [6, 6.07) is 9.10. The van der Waals surface area contributed by atoms with Crippen LogP contribution < -0.4 is 10.6 Å². The van der Waals surface area contributed by atoms with E-state index < -0.39 is 5.54 Å². The number of hydrogen-bond donors (Lipinski definition) is 2. The number of hydrogen-bond acceptors (Lipinski definition) is 2. The predicted octanol–water partition coefficient (Wildman–Crippen LogP) is 1.15. The van der Waals surface area contributed by atoms with Crippen LogP contribution in [0.25, 0.3) is 0 Å². The minimum absolute atomic E-state index is 0.249. The second-order valence-corrected chi connectivity index (χ2v) is 3.71. The Labute approximate surface area is 88.7 Å². The molecule has 1 aromatic carbocycles. The molecule has 2 amide bonds. The molecule has 0 radical (unpaired) electrons. The van der Waals surface area contributed by atoms with Crippen LogP contribution in [0.4, 0.5) is 5.69 Å². The molecule has 4 nitrogen and oxygen atoms in total. The number of anilines is 1. The van der Waals surface area contributed by atoms with Gasteiger partial charge in [0.2, 0.25) is 12.3 Å². The molecule has 0 unspecified atom stereocenters. The Kier molecular flexibility index (Phi) is 3.44. The van der Waals surface area contributed by atoms with E-state index in [0.29, 0.717) is 12.1 Å². The van der Waals surface area contributed by atoms with Gasteiger partial charge in [0.05, 0.1) is 0 Å². The molecule has 0 bridgehead atoms. The Hall–Kier alpha value is -1.84. The lowest BCUT2D eigenvalue weighted by Crippen LogP contribution is -2.49. The van der Waals surface area contributed by atoms with Crippen molar-refractivity contribution in [2.24, 2.45) is 0 Å². The van der Waals surface area contributed by atoms with Gasteiger partial charge in [0.25, 0.3) is 0 Å². The third-order valence-corrected chi connectivity index (χ3v) is 2.02. The lowest BCUT2D eigenvalue weighted by atomic mass is 10.1. The minimum Gasteiger partial charge on any atom is -0.345 e. The highest BCUT2D eigenvalue weighted by Crippen LogP contribution is 2.09. The summed E-state index contributed by atoms with van der Waals surface area (Å²) in [5, 5.41) is 5.16. The maximum Gasteiger partial charge on any atom is 0.249 e. The van der Waals surface area contributed by atoms with Gasteiger partial charge in [-0.3, -0.25) is 9.59 Å². The average molecular weight is 206 g/mol. The van der Waals surface area contributed by atoms with Crippen molar-refractivity contribution in [2.75, 3.05) is 5.32 Å². The molecule has 2 N–H and O–H groups in total. The van der Waals surface area contributed by atoms with Crippen LogP contribution in [0.2, 0.25) is 0 Å². The maximum atomic E-state index is 11.7. The molecule has 0 fully saturated rings. The molecular weight excluding hydrogens is 192 g/mol. The van der Waals surface area contributed by atoms with Crippen molar-refractivity contribution < 1.29 is 9.59 Å². The van der Waals surface area contributed by atoms with E-state index >= 15 is 0 Å². The molecule has 0 aliphatic rings. The number of para-hydroxylation sites is 1. The molecule has 0 heterocycles. The SMILES string of the molecule is CC(C)(NC=O)C(=O)Nc1ccccc1. The highest BCUT2D eigenvalue weighted by molar-refractivity contribution is 5.98. The zero-order valence-electron chi connectivity index (χ0n) is 8.78. The van der Waals surface area contributed by atoms with Crippen LogP contribution in [0.3, 0.4) is 0 Å².